The SMILES string of the molecule is COc1cc(CN2C[C@@H]3CNC(=O)[C@H](C)[C@@H]3C2)cc(OC)c1. The molecule has 0 bridgehead atoms. The van der Waals surface area contributed by atoms with Crippen molar-refractivity contribution >= 4 is 5.91 Å². The second-order valence-corrected chi connectivity index (χ2v) is 6.37. The van der Waals surface area contributed by atoms with Crippen molar-refractivity contribution in [3.05, 3.63) is 23.8 Å². The number of rotatable bonds is 4. The number of piperidine rings is 1. The van der Waals surface area contributed by atoms with E-state index in [1.54, 1.807) is 14.2 Å². The molecule has 0 saturated carbocycles. The molecule has 0 aromatic heterocycles. The Bertz CT molecular complexity index is 539. The number of methoxy groups -OCH3 is 2. The summed E-state index contributed by atoms with van der Waals surface area (Å²) in [5.74, 6) is 2.99. The van der Waals surface area contributed by atoms with Crippen LogP contribution >= 0.6 is 0 Å². The van der Waals surface area contributed by atoms with Crippen LogP contribution in [0.4, 0.5) is 0 Å². The molecule has 5 heteroatoms. The molecule has 1 aromatic carbocycles. The van der Waals surface area contributed by atoms with Crippen molar-refractivity contribution in [1.82, 2.24) is 10.2 Å². The smallest absolute Gasteiger partial charge is 0.223 e. The first-order valence-electron chi connectivity index (χ1n) is 7.82. The third-order valence-electron chi connectivity index (χ3n) is 4.98. The maximum absolute atomic E-state index is 11.8. The highest BCUT2D eigenvalue weighted by atomic mass is 16.5. The Morgan fingerprint density at radius 2 is 1.86 bits per heavy atom. The van der Waals surface area contributed by atoms with Crippen LogP contribution in [-0.2, 0) is 11.3 Å². The zero-order valence-electron chi connectivity index (χ0n) is 13.5. The zero-order chi connectivity index (χ0) is 15.7. The summed E-state index contributed by atoms with van der Waals surface area (Å²) in [5.41, 5.74) is 1.18. The van der Waals surface area contributed by atoms with Gasteiger partial charge < -0.3 is 14.8 Å². The highest BCUT2D eigenvalue weighted by molar-refractivity contribution is 5.79. The number of carbonyl (C=O) groups excluding carboxylic acids is 1. The highest BCUT2D eigenvalue weighted by Crippen LogP contribution is 2.34. The molecule has 0 aliphatic carbocycles. The van der Waals surface area contributed by atoms with Crippen LogP contribution in [0.1, 0.15) is 12.5 Å². The van der Waals surface area contributed by atoms with Gasteiger partial charge in [-0.25, -0.2) is 0 Å². The Kier molecular flexibility index (Phi) is 4.25. The van der Waals surface area contributed by atoms with E-state index >= 15 is 0 Å². The topological polar surface area (TPSA) is 50.8 Å². The van der Waals surface area contributed by atoms with Crippen molar-refractivity contribution in [3.63, 3.8) is 0 Å². The number of hydrogen-bond acceptors (Lipinski definition) is 4. The normalized spacial score (nSPS) is 28.1. The van der Waals surface area contributed by atoms with Crippen LogP contribution in [0, 0.1) is 17.8 Å². The van der Waals surface area contributed by atoms with Crippen LogP contribution < -0.4 is 14.8 Å². The molecule has 22 heavy (non-hydrogen) atoms. The molecule has 0 spiro atoms. The lowest BCUT2D eigenvalue weighted by molar-refractivity contribution is -0.128. The Morgan fingerprint density at radius 1 is 1.18 bits per heavy atom. The summed E-state index contributed by atoms with van der Waals surface area (Å²) in [6, 6.07) is 5.99. The molecule has 1 amide bonds. The fourth-order valence-corrected chi connectivity index (χ4v) is 3.70. The lowest BCUT2D eigenvalue weighted by Crippen LogP contribution is -2.46. The van der Waals surface area contributed by atoms with Crippen molar-refractivity contribution in [2.45, 2.75) is 13.5 Å². The summed E-state index contributed by atoms with van der Waals surface area (Å²) in [6.45, 7) is 5.74. The number of nitrogens with one attached hydrogen (secondary N) is 1. The van der Waals surface area contributed by atoms with Gasteiger partial charge in [-0.05, 0) is 29.5 Å². The van der Waals surface area contributed by atoms with E-state index in [2.05, 4.69) is 22.3 Å². The molecule has 2 fully saturated rings. The molecule has 0 unspecified atom stereocenters. The quantitative estimate of drug-likeness (QED) is 0.916. The van der Waals surface area contributed by atoms with E-state index in [4.69, 9.17) is 9.47 Å². The van der Waals surface area contributed by atoms with Gasteiger partial charge in [0.2, 0.25) is 5.91 Å². The molecule has 1 N–H and O–H groups in total. The van der Waals surface area contributed by atoms with E-state index < -0.39 is 0 Å². The maximum Gasteiger partial charge on any atom is 0.223 e. The Hall–Kier alpha value is -1.75. The molecule has 2 aliphatic heterocycles. The maximum atomic E-state index is 11.8. The molecule has 5 nitrogen and oxygen atoms in total. The molecular weight excluding hydrogens is 280 g/mol. The van der Waals surface area contributed by atoms with Crippen molar-refractivity contribution < 1.29 is 14.3 Å². The summed E-state index contributed by atoms with van der Waals surface area (Å²) in [5, 5.41) is 3.02. The van der Waals surface area contributed by atoms with Crippen LogP contribution in [-0.4, -0.2) is 44.7 Å². The highest BCUT2D eigenvalue weighted by Gasteiger charge is 2.41. The molecule has 3 atom stereocenters. The van der Waals surface area contributed by atoms with E-state index in [0.29, 0.717) is 11.8 Å². The van der Waals surface area contributed by atoms with Gasteiger partial charge in [-0.2, -0.15) is 0 Å². The van der Waals surface area contributed by atoms with Crippen molar-refractivity contribution in [1.29, 1.82) is 0 Å². The van der Waals surface area contributed by atoms with E-state index in [9.17, 15) is 4.79 Å². The van der Waals surface area contributed by atoms with E-state index in [-0.39, 0.29) is 11.8 Å². The summed E-state index contributed by atoms with van der Waals surface area (Å²) < 4.78 is 10.7. The summed E-state index contributed by atoms with van der Waals surface area (Å²) in [4.78, 5) is 14.2. The van der Waals surface area contributed by atoms with Gasteiger partial charge in [0.1, 0.15) is 11.5 Å². The summed E-state index contributed by atoms with van der Waals surface area (Å²) in [6.07, 6.45) is 0. The molecule has 2 heterocycles. The van der Waals surface area contributed by atoms with Gasteiger partial charge in [-0.3, -0.25) is 9.69 Å². The van der Waals surface area contributed by atoms with Crippen LogP contribution in [0.2, 0.25) is 0 Å². The third-order valence-corrected chi connectivity index (χ3v) is 4.98. The molecule has 0 radical (unpaired) electrons. The number of nitrogens with zero attached hydrogens (tertiary/aromatic N) is 1. The van der Waals surface area contributed by atoms with Crippen molar-refractivity contribution in [2.24, 2.45) is 17.8 Å². The standard InChI is InChI=1S/C17H24N2O3/c1-11-16-10-19(9-13(16)7-18-17(11)20)8-12-4-14(21-2)6-15(5-12)22-3/h4-6,11,13,16H,7-10H2,1-3H3,(H,18,20)/t11-,13+,16+/m1/s1. The third kappa shape index (κ3) is 2.90. The molecule has 2 saturated heterocycles. The number of ether oxygens (including phenoxy) is 2. The Labute approximate surface area is 131 Å². The van der Waals surface area contributed by atoms with Gasteiger partial charge in [0.25, 0.3) is 0 Å². The van der Waals surface area contributed by atoms with E-state index in [0.717, 1.165) is 37.7 Å². The van der Waals surface area contributed by atoms with Crippen molar-refractivity contribution in [2.75, 3.05) is 33.9 Å². The summed E-state index contributed by atoms with van der Waals surface area (Å²) in [7, 11) is 3.34. The minimum atomic E-state index is 0.114. The van der Waals surface area contributed by atoms with Crippen LogP contribution in [0.15, 0.2) is 18.2 Å². The van der Waals surface area contributed by atoms with Gasteiger partial charge in [0, 0.05) is 38.2 Å². The van der Waals surface area contributed by atoms with Gasteiger partial charge >= 0.3 is 0 Å². The minimum absolute atomic E-state index is 0.114. The first-order chi connectivity index (χ1) is 10.6. The molecule has 120 valence electrons. The van der Waals surface area contributed by atoms with Gasteiger partial charge in [-0.15, -0.1) is 0 Å². The summed E-state index contributed by atoms with van der Waals surface area (Å²) >= 11 is 0. The van der Waals surface area contributed by atoms with Crippen LogP contribution in [0.25, 0.3) is 0 Å². The average Bonchev–Trinajstić information content (AvgIpc) is 2.94. The largest absolute Gasteiger partial charge is 0.497 e. The molecule has 2 aliphatic rings. The Morgan fingerprint density at radius 3 is 2.50 bits per heavy atom. The number of hydrogen-bond donors (Lipinski definition) is 1. The first-order valence-corrected chi connectivity index (χ1v) is 7.82. The van der Waals surface area contributed by atoms with E-state index in [1.165, 1.54) is 5.56 Å². The predicted octanol–water partition coefficient (Wildman–Crippen LogP) is 1.52. The monoisotopic (exact) mass is 304 g/mol. The van der Waals surface area contributed by atoms with Gasteiger partial charge in [0.15, 0.2) is 0 Å². The zero-order valence-corrected chi connectivity index (χ0v) is 13.5. The number of likely N-dealkylation sites (tertiary alicyclic amines) is 1. The average molecular weight is 304 g/mol. The fourth-order valence-electron chi connectivity index (χ4n) is 3.70. The number of fused-ring (bicyclic) bond motifs is 1. The minimum Gasteiger partial charge on any atom is -0.497 e. The van der Waals surface area contributed by atoms with Crippen molar-refractivity contribution in [3.8, 4) is 11.5 Å². The second kappa shape index (κ2) is 6.16. The second-order valence-electron chi connectivity index (χ2n) is 6.37. The molecule has 3 rings (SSSR count). The van der Waals surface area contributed by atoms with Crippen LogP contribution in [0.5, 0.6) is 11.5 Å². The fraction of sp³-hybridized carbons (Fsp3) is 0.588. The molecule has 1 aromatic rings. The van der Waals surface area contributed by atoms with Crippen LogP contribution in [0.3, 0.4) is 0 Å². The Balaban J connectivity index is 1.71. The number of benzene rings is 1. The number of amides is 1. The number of carbonyl (C=O) groups is 1. The predicted molar refractivity (Wildman–Crippen MR) is 84.0 cm³/mol. The molecular formula is C17H24N2O3. The van der Waals surface area contributed by atoms with Gasteiger partial charge in [-0.1, -0.05) is 6.92 Å². The first kappa shape index (κ1) is 15.2. The van der Waals surface area contributed by atoms with Gasteiger partial charge in [0.05, 0.1) is 14.2 Å². The van der Waals surface area contributed by atoms with E-state index in [1.807, 2.05) is 13.0 Å². The lowest BCUT2D eigenvalue weighted by Gasteiger charge is -2.30. The lowest BCUT2D eigenvalue weighted by atomic mass is 9.81.